The highest BCUT2D eigenvalue weighted by atomic mass is 32.2. The first-order valence-electron chi connectivity index (χ1n) is 8.00. The summed E-state index contributed by atoms with van der Waals surface area (Å²) in [5.74, 6) is -1.79. The largest absolute Gasteiger partial charge is 0.480 e. The lowest BCUT2D eigenvalue weighted by molar-refractivity contribution is -0.200. The summed E-state index contributed by atoms with van der Waals surface area (Å²) < 4.78 is 4.71. The fraction of sp³-hybridized carbons (Fsp3) is 0.471. The zero-order valence-corrected chi connectivity index (χ0v) is 16.2. The number of carboxylic acids is 1. The van der Waals surface area contributed by atoms with Crippen molar-refractivity contribution in [3.8, 4) is 0 Å². The van der Waals surface area contributed by atoms with E-state index in [0.29, 0.717) is 0 Å². The van der Waals surface area contributed by atoms with E-state index in [1.54, 1.807) is 13.8 Å². The summed E-state index contributed by atoms with van der Waals surface area (Å²) in [6, 6.07) is 8.49. The zero-order chi connectivity index (χ0) is 19.1. The minimum Gasteiger partial charge on any atom is -0.480 e. The zero-order valence-electron chi connectivity index (χ0n) is 14.6. The Morgan fingerprint density at radius 1 is 1.35 bits per heavy atom. The highest BCUT2D eigenvalue weighted by Gasteiger charge is 2.73. The number of methoxy groups -OCH3 is 1. The number of carboxylic acid groups (broad SMARTS) is 1. The maximum Gasteiger partial charge on any atom is 0.327 e. The van der Waals surface area contributed by atoms with Crippen molar-refractivity contribution in [3.05, 3.63) is 30.3 Å². The molecular weight excluding hydrogens is 376 g/mol. The highest BCUT2D eigenvalue weighted by Crippen LogP contribution is 2.55. The fourth-order valence-corrected chi connectivity index (χ4v) is 5.68. The van der Waals surface area contributed by atoms with E-state index in [-0.39, 0.29) is 11.7 Å². The van der Waals surface area contributed by atoms with E-state index in [1.807, 2.05) is 30.3 Å². The Morgan fingerprint density at radius 2 is 2.00 bits per heavy atom. The first-order valence-corrected chi connectivity index (χ1v) is 9.87. The van der Waals surface area contributed by atoms with Gasteiger partial charge in [0.1, 0.15) is 11.4 Å². The molecule has 7 nitrogen and oxygen atoms in total. The van der Waals surface area contributed by atoms with Crippen LogP contribution in [0.3, 0.4) is 0 Å². The van der Waals surface area contributed by atoms with Gasteiger partial charge in [0, 0.05) is 16.8 Å². The first kappa shape index (κ1) is 19.1. The minimum atomic E-state index is -1.51. The number of β-lactam (4-membered cyclic amide) rings is 1. The molecule has 0 aromatic heterocycles. The molecule has 2 saturated heterocycles. The second-order valence-corrected chi connectivity index (χ2v) is 9.40. The number of thioether (sulfide) groups is 2. The first-order chi connectivity index (χ1) is 12.2. The molecule has 26 heavy (non-hydrogen) atoms. The van der Waals surface area contributed by atoms with Crippen molar-refractivity contribution in [1.29, 1.82) is 0 Å². The number of amides is 2. The van der Waals surface area contributed by atoms with E-state index in [2.05, 4.69) is 5.32 Å². The summed E-state index contributed by atoms with van der Waals surface area (Å²) in [7, 11) is 1.35. The van der Waals surface area contributed by atoms with E-state index in [0.717, 1.165) is 4.90 Å². The summed E-state index contributed by atoms with van der Waals surface area (Å²) in [6.07, 6.45) is 0. The molecular formula is C17H20N2O5S2. The van der Waals surface area contributed by atoms with Crippen LogP contribution in [0.4, 0.5) is 0 Å². The van der Waals surface area contributed by atoms with Crippen molar-refractivity contribution in [1.82, 2.24) is 10.2 Å². The second kappa shape index (κ2) is 6.79. The number of carbonyl (C=O) groups excluding carboxylic acids is 2. The van der Waals surface area contributed by atoms with Crippen LogP contribution in [0.2, 0.25) is 0 Å². The van der Waals surface area contributed by atoms with Gasteiger partial charge in [-0.05, 0) is 26.0 Å². The van der Waals surface area contributed by atoms with Crippen LogP contribution in [0.1, 0.15) is 13.8 Å². The van der Waals surface area contributed by atoms with Gasteiger partial charge in [-0.2, -0.15) is 0 Å². The van der Waals surface area contributed by atoms with Crippen molar-refractivity contribution in [2.24, 2.45) is 0 Å². The average molecular weight is 396 g/mol. The van der Waals surface area contributed by atoms with Crippen molar-refractivity contribution in [2.75, 3.05) is 12.9 Å². The number of ether oxygens (including phenoxy) is 1. The smallest absolute Gasteiger partial charge is 0.327 e. The van der Waals surface area contributed by atoms with Gasteiger partial charge >= 0.3 is 5.97 Å². The number of hydrogen-bond donors (Lipinski definition) is 2. The van der Waals surface area contributed by atoms with Crippen LogP contribution < -0.4 is 5.32 Å². The Bertz CT molecular complexity index is 742. The molecule has 0 spiro atoms. The third-order valence-electron chi connectivity index (χ3n) is 4.50. The van der Waals surface area contributed by atoms with Gasteiger partial charge in [0.2, 0.25) is 5.91 Å². The van der Waals surface area contributed by atoms with Crippen molar-refractivity contribution in [2.45, 2.75) is 40.6 Å². The lowest BCUT2D eigenvalue weighted by Crippen LogP contribution is -2.80. The maximum atomic E-state index is 12.7. The summed E-state index contributed by atoms with van der Waals surface area (Å²) >= 11 is 2.68. The number of carbonyl (C=O) groups is 3. The molecule has 0 unspecified atom stereocenters. The van der Waals surface area contributed by atoms with Gasteiger partial charge < -0.3 is 20.1 Å². The van der Waals surface area contributed by atoms with Crippen molar-refractivity contribution >= 4 is 41.3 Å². The summed E-state index contributed by atoms with van der Waals surface area (Å²) in [6.45, 7) is 3.55. The summed E-state index contributed by atoms with van der Waals surface area (Å²) in [5, 5.41) is 11.6. The highest BCUT2D eigenvalue weighted by molar-refractivity contribution is 8.01. The molecule has 0 aliphatic carbocycles. The topological polar surface area (TPSA) is 95.9 Å². The number of nitrogens with one attached hydrogen (secondary N) is 1. The third kappa shape index (κ3) is 2.97. The Kier molecular flexibility index (Phi) is 4.98. The molecule has 2 fully saturated rings. The van der Waals surface area contributed by atoms with Gasteiger partial charge in [0.05, 0.1) is 5.75 Å². The van der Waals surface area contributed by atoms with Crippen LogP contribution in [0, 0.1) is 0 Å². The van der Waals surface area contributed by atoms with Crippen LogP contribution in [-0.2, 0) is 19.1 Å². The van der Waals surface area contributed by atoms with E-state index in [1.165, 1.54) is 35.5 Å². The van der Waals surface area contributed by atoms with Gasteiger partial charge in [0.25, 0.3) is 11.6 Å². The molecule has 1 aromatic rings. The minimum absolute atomic E-state index is 0.130. The SMILES string of the molecule is CO[C@@]1(NC(=O)CSc2ccccc2)C(=O)N2[C@@H](C(=O)O)C(C)(C)S[C@@H]21. The number of fused-ring (bicyclic) bond motifs is 1. The van der Waals surface area contributed by atoms with Gasteiger partial charge in [-0.25, -0.2) is 4.79 Å². The summed E-state index contributed by atoms with van der Waals surface area (Å²) in [4.78, 5) is 38.9. The predicted octanol–water partition coefficient (Wildman–Crippen LogP) is 1.38. The molecule has 1 aromatic carbocycles. The number of benzene rings is 1. The molecule has 3 atom stereocenters. The molecule has 2 aliphatic rings. The lowest BCUT2D eigenvalue weighted by atomic mass is 9.93. The quantitative estimate of drug-likeness (QED) is 0.426. The van der Waals surface area contributed by atoms with Gasteiger partial charge in [-0.3, -0.25) is 9.59 Å². The maximum absolute atomic E-state index is 12.7. The average Bonchev–Trinajstić information content (AvgIpc) is 2.88. The predicted molar refractivity (Wildman–Crippen MR) is 98.8 cm³/mol. The Balaban J connectivity index is 1.71. The molecule has 2 aliphatic heterocycles. The van der Waals surface area contributed by atoms with E-state index >= 15 is 0 Å². The van der Waals surface area contributed by atoms with Crippen LogP contribution in [0.15, 0.2) is 35.2 Å². The molecule has 0 saturated carbocycles. The molecule has 0 bridgehead atoms. The Morgan fingerprint density at radius 3 is 2.58 bits per heavy atom. The van der Waals surface area contributed by atoms with Gasteiger partial charge in [0.15, 0.2) is 0 Å². The van der Waals surface area contributed by atoms with Crippen LogP contribution in [0.5, 0.6) is 0 Å². The molecule has 140 valence electrons. The van der Waals surface area contributed by atoms with Gasteiger partial charge in [-0.15, -0.1) is 23.5 Å². The molecule has 2 N–H and O–H groups in total. The van der Waals surface area contributed by atoms with Crippen LogP contribution >= 0.6 is 23.5 Å². The molecule has 9 heteroatoms. The molecule has 0 radical (unpaired) electrons. The van der Waals surface area contributed by atoms with E-state index in [4.69, 9.17) is 4.74 Å². The fourth-order valence-electron chi connectivity index (χ4n) is 3.29. The third-order valence-corrected chi connectivity index (χ3v) is 7.12. The number of aliphatic carboxylic acids is 1. The summed E-state index contributed by atoms with van der Waals surface area (Å²) in [5.41, 5.74) is -1.51. The monoisotopic (exact) mass is 396 g/mol. The van der Waals surface area contributed by atoms with E-state index < -0.39 is 33.8 Å². The Labute approximate surface area is 159 Å². The van der Waals surface area contributed by atoms with E-state index in [9.17, 15) is 19.5 Å². The van der Waals surface area contributed by atoms with Gasteiger partial charge in [-0.1, -0.05) is 18.2 Å². The van der Waals surface area contributed by atoms with Crippen LogP contribution in [0.25, 0.3) is 0 Å². The number of rotatable bonds is 6. The number of nitrogens with zero attached hydrogens (tertiary/aromatic N) is 1. The molecule has 3 rings (SSSR count). The Hall–Kier alpha value is -1.71. The lowest BCUT2D eigenvalue weighted by Gasteiger charge is -2.51. The standard InChI is InChI=1S/C17H20N2O5S2/c1-16(2)12(13(21)22)19-14(23)17(24-3,15(19)26-16)18-11(20)9-25-10-7-5-4-6-8-10/h4-8,12,15H,9H2,1-3H3,(H,18,20)(H,21,22)/t12-,15+,17-/m0/s1. The second-order valence-electron chi connectivity index (χ2n) is 6.62. The normalized spacial score (nSPS) is 29.0. The van der Waals surface area contributed by atoms with Crippen molar-refractivity contribution < 1.29 is 24.2 Å². The molecule has 2 heterocycles. The molecule has 2 amide bonds. The number of hydrogen-bond acceptors (Lipinski definition) is 6. The van der Waals surface area contributed by atoms with Crippen molar-refractivity contribution in [3.63, 3.8) is 0 Å². The van der Waals surface area contributed by atoms with Crippen LogP contribution in [-0.4, -0.2) is 62.5 Å².